The second kappa shape index (κ2) is 5.99. The van der Waals surface area contributed by atoms with Crippen molar-refractivity contribution in [2.24, 2.45) is 0 Å². The summed E-state index contributed by atoms with van der Waals surface area (Å²) in [5, 5.41) is 10.2. The third-order valence-electron chi connectivity index (χ3n) is 2.41. The average molecular weight is 297 g/mol. The predicted molar refractivity (Wildman–Crippen MR) is 77.9 cm³/mol. The zero-order chi connectivity index (χ0) is 13.8. The van der Waals surface area contributed by atoms with Crippen LogP contribution in [0.4, 0.5) is 5.69 Å². The van der Waals surface area contributed by atoms with Crippen molar-refractivity contribution in [1.29, 1.82) is 0 Å². The highest BCUT2D eigenvalue weighted by Gasteiger charge is 2.08. The average Bonchev–Trinajstić information content (AvgIpc) is 2.80. The van der Waals surface area contributed by atoms with E-state index in [0.717, 1.165) is 10.7 Å². The molecule has 0 amide bonds. The van der Waals surface area contributed by atoms with Crippen molar-refractivity contribution in [3.8, 4) is 0 Å². The van der Waals surface area contributed by atoms with Crippen molar-refractivity contribution in [2.75, 3.05) is 5.32 Å². The first kappa shape index (κ1) is 13.8. The van der Waals surface area contributed by atoms with Crippen molar-refractivity contribution in [1.82, 2.24) is 14.8 Å². The zero-order valence-electron chi connectivity index (χ0n) is 10.4. The van der Waals surface area contributed by atoms with E-state index in [9.17, 15) is 4.79 Å². The van der Waals surface area contributed by atoms with Gasteiger partial charge in [-0.05, 0) is 6.92 Å². The summed E-state index contributed by atoms with van der Waals surface area (Å²) in [4.78, 5) is 16.2. The van der Waals surface area contributed by atoms with E-state index in [2.05, 4.69) is 22.0 Å². The molecule has 0 radical (unpaired) electrons. The summed E-state index contributed by atoms with van der Waals surface area (Å²) in [5.41, 5.74) is 1.09. The number of rotatable bonds is 5. The Morgan fingerprint density at radius 3 is 3.05 bits per heavy atom. The highest BCUT2D eigenvalue weighted by atomic mass is 35.5. The number of nitrogens with zero attached hydrogens (tertiary/aromatic N) is 3. The van der Waals surface area contributed by atoms with Crippen LogP contribution in [-0.4, -0.2) is 14.8 Å². The van der Waals surface area contributed by atoms with E-state index in [1.165, 1.54) is 10.9 Å². The fourth-order valence-electron chi connectivity index (χ4n) is 1.52. The molecule has 0 spiro atoms. The first-order chi connectivity index (χ1) is 9.11. The van der Waals surface area contributed by atoms with Gasteiger partial charge >= 0.3 is 0 Å². The van der Waals surface area contributed by atoms with Gasteiger partial charge in [0.1, 0.15) is 5.02 Å². The molecule has 0 saturated carbocycles. The molecule has 100 valence electrons. The molecule has 2 aromatic rings. The molecule has 0 fully saturated rings. The molecule has 2 aromatic heterocycles. The third-order valence-corrected chi connectivity index (χ3v) is 3.60. The fourth-order valence-corrected chi connectivity index (χ4v) is 2.34. The normalized spacial score (nSPS) is 10.4. The Labute approximate surface area is 119 Å². The van der Waals surface area contributed by atoms with Gasteiger partial charge in [0.15, 0.2) is 0 Å². The van der Waals surface area contributed by atoms with Gasteiger partial charge in [0.25, 0.3) is 5.56 Å². The number of hydrogen-bond acceptors (Lipinski definition) is 5. The molecular formula is C12H13ClN4OS. The number of hydrogen-bond donors (Lipinski definition) is 1. The molecule has 0 aliphatic rings. The molecule has 0 unspecified atom stereocenters. The van der Waals surface area contributed by atoms with E-state index in [-0.39, 0.29) is 10.6 Å². The number of aryl methyl sites for hydroxylation is 1. The minimum Gasteiger partial charge on any atom is -0.377 e. The molecule has 0 aromatic carbocycles. The summed E-state index contributed by atoms with van der Waals surface area (Å²) in [6, 6.07) is 0. The molecule has 0 aliphatic carbocycles. The SMILES string of the molecule is C=CCn1ncc(NCc2csc(C)n2)c(Cl)c1=O. The van der Waals surface area contributed by atoms with Crippen molar-refractivity contribution in [2.45, 2.75) is 20.0 Å². The van der Waals surface area contributed by atoms with Crippen LogP contribution in [0.25, 0.3) is 0 Å². The van der Waals surface area contributed by atoms with Crippen molar-refractivity contribution >= 4 is 28.6 Å². The molecule has 0 atom stereocenters. The second-order valence-electron chi connectivity index (χ2n) is 3.86. The summed E-state index contributed by atoms with van der Waals surface area (Å²) in [6.07, 6.45) is 3.13. The quantitative estimate of drug-likeness (QED) is 0.861. The largest absolute Gasteiger partial charge is 0.377 e. The Bertz CT molecular complexity index is 649. The van der Waals surface area contributed by atoms with Crippen LogP contribution in [0.1, 0.15) is 10.7 Å². The topological polar surface area (TPSA) is 59.8 Å². The molecule has 0 saturated heterocycles. The summed E-state index contributed by atoms with van der Waals surface area (Å²) in [5.74, 6) is 0. The van der Waals surface area contributed by atoms with Gasteiger partial charge in [-0.3, -0.25) is 4.79 Å². The maximum absolute atomic E-state index is 11.9. The highest BCUT2D eigenvalue weighted by molar-refractivity contribution is 7.09. The standard InChI is InChI=1S/C12H13ClN4OS/c1-3-4-17-12(18)11(13)10(6-15-17)14-5-9-7-19-8(2)16-9/h3,6-7,14H,1,4-5H2,2H3. The van der Waals surface area contributed by atoms with E-state index in [1.807, 2.05) is 12.3 Å². The van der Waals surface area contributed by atoms with Crippen molar-refractivity contribution in [3.05, 3.63) is 50.3 Å². The summed E-state index contributed by atoms with van der Waals surface area (Å²) in [6.45, 7) is 6.35. The van der Waals surface area contributed by atoms with Crippen LogP contribution in [0.5, 0.6) is 0 Å². The summed E-state index contributed by atoms with van der Waals surface area (Å²) in [7, 11) is 0. The van der Waals surface area contributed by atoms with Crippen molar-refractivity contribution < 1.29 is 0 Å². The highest BCUT2D eigenvalue weighted by Crippen LogP contribution is 2.17. The number of nitrogens with one attached hydrogen (secondary N) is 1. The van der Waals surface area contributed by atoms with Crippen LogP contribution >= 0.6 is 22.9 Å². The lowest BCUT2D eigenvalue weighted by molar-refractivity contribution is 0.653. The summed E-state index contributed by atoms with van der Waals surface area (Å²) < 4.78 is 1.26. The van der Waals surface area contributed by atoms with Gasteiger partial charge in [0.05, 0.1) is 35.7 Å². The molecule has 19 heavy (non-hydrogen) atoms. The van der Waals surface area contributed by atoms with Crippen LogP contribution < -0.4 is 10.9 Å². The Morgan fingerprint density at radius 1 is 1.63 bits per heavy atom. The van der Waals surface area contributed by atoms with E-state index >= 15 is 0 Å². The monoisotopic (exact) mass is 296 g/mol. The van der Waals surface area contributed by atoms with Crippen LogP contribution in [0.2, 0.25) is 5.02 Å². The molecular weight excluding hydrogens is 284 g/mol. The molecule has 0 aliphatic heterocycles. The first-order valence-electron chi connectivity index (χ1n) is 5.63. The molecule has 7 heteroatoms. The van der Waals surface area contributed by atoms with E-state index in [0.29, 0.717) is 18.8 Å². The van der Waals surface area contributed by atoms with Crippen molar-refractivity contribution in [3.63, 3.8) is 0 Å². The van der Waals surface area contributed by atoms with Gasteiger partial charge in [-0.15, -0.1) is 17.9 Å². The Hall–Kier alpha value is -1.66. The second-order valence-corrected chi connectivity index (χ2v) is 5.30. The van der Waals surface area contributed by atoms with Gasteiger partial charge < -0.3 is 5.32 Å². The lowest BCUT2D eigenvalue weighted by atomic mass is 10.4. The molecule has 2 heterocycles. The van der Waals surface area contributed by atoms with E-state index < -0.39 is 0 Å². The minimum atomic E-state index is -0.332. The molecule has 0 bridgehead atoms. The number of allylic oxidation sites excluding steroid dienone is 1. The van der Waals surface area contributed by atoms with E-state index in [1.54, 1.807) is 17.4 Å². The maximum Gasteiger partial charge on any atom is 0.287 e. The summed E-state index contributed by atoms with van der Waals surface area (Å²) >= 11 is 7.60. The zero-order valence-corrected chi connectivity index (χ0v) is 12.0. The smallest absolute Gasteiger partial charge is 0.287 e. The molecule has 2 rings (SSSR count). The Balaban J connectivity index is 2.15. The third kappa shape index (κ3) is 3.21. The lowest BCUT2D eigenvalue weighted by Gasteiger charge is -2.08. The molecule has 1 N–H and O–H groups in total. The fraction of sp³-hybridized carbons (Fsp3) is 0.250. The Kier molecular flexibility index (Phi) is 4.34. The Morgan fingerprint density at radius 2 is 2.42 bits per heavy atom. The van der Waals surface area contributed by atoms with Crippen LogP contribution in [-0.2, 0) is 13.1 Å². The van der Waals surface area contributed by atoms with Gasteiger partial charge in [0, 0.05) is 5.38 Å². The predicted octanol–water partition coefficient (Wildman–Crippen LogP) is 2.46. The van der Waals surface area contributed by atoms with E-state index in [4.69, 9.17) is 11.6 Å². The number of anilines is 1. The van der Waals surface area contributed by atoms with Gasteiger partial charge in [-0.2, -0.15) is 5.10 Å². The van der Waals surface area contributed by atoms with Gasteiger partial charge in [0.2, 0.25) is 0 Å². The number of aromatic nitrogens is 3. The lowest BCUT2D eigenvalue weighted by Crippen LogP contribution is -2.23. The van der Waals surface area contributed by atoms with Crippen LogP contribution in [0, 0.1) is 6.92 Å². The van der Waals surface area contributed by atoms with Crippen LogP contribution in [0.3, 0.4) is 0 Å². The number of halogens is 1. The molecule has 5 nitrogen and oxygen atoms in total. The number of thiazole rings is 1. The van der Waals surface area contributed by atoms with Crippen LogP contribution in [0.15, 0.2) is 29.0 Å². The minimum absolute atomic E-state index is 0.129. The first-order valence-corrected chi connectivity index (χ1v) is 6.89. The van der Waals surface area contributed by atoms with Gasteiger partial charge in [-0.1, -0.05) is 17.7 Å². The maximum atomic E-state index is 11.9. The van der Waals surface area contributed by atoms with Gasteiger partial charge in [-0.25, -0.2) is 9.67 Å².